The minimum atomic E-state index is -0.192. The van der Waals surface area contributed by atoms with Crippen LogP contribution in [-0.2, 0) is 0 Å². The molecule has 0 bridgehead atoms. The molecule has 1 aliphatic rings. The fourth-order valence-electron chi connectivity index (χ4n) is 3.24. The van der Waals surface area contributed by atoms with E-state index in [2.05, 4.69) is 15.0 Å². The molecule has 0 radical (unpaired) electrons. The van der Waals surface area contributed by atoms with Crippen LogP contribution in [-0.4, -0.2) is 32.3 Å². The SMILES string of the molecule is Cc1c(C(=O)N2CCCC[C@H]2c2nccs2)sc2nc[nH]c(=O)c12. The molecule has 3 aromatic rings. The molecule has 0 spiro atoms. The number of rotatable bonds is 2. The monoisotopic (exact) mass is 360 g/mol. The summed E-state index contributed by atoms with van der Waals surface area (Å²) in [5.74, 6) is -0.0187. The standard InChI is InChI=1S/C16H16N4O2S2/c1-9-11-13(21)18-8-19-15(11)24-12(9)16(22)20-6-3-2-4-10(20)14-17-5-7-23-14/h5,7-8,10H,2-4,6H2,1H3,(H,18,19,21)/t10-/m0/s1. The van der Waals surface area contributed by atoms with E-state index >= 15 is 0 Å². The van der Waals surface area contributed by atoms with Crippen molar-refractivity contribution in [3.63, 3.8) is 0 Å². The summed E-state index contributed by atoms with van der Waals surface area (Å²) in [7, 11) is 0. The van der Waals surface area contributed by atoms with E-state index in [1.54, 1.807) is 17.5 Å². The van der Waals surface area contributed by atoms with E-state index in [0.717, 1.165) is 36.4 Å². The lowest BCUT2D eigenvalue weighted by molar-refractivity contribution is 0.0615. The highest BCUT2D eigenvalue weighted by atomic mass is 32.1. The maximum absolute atomic E-state index is 13.2. The second kappa shape index (κ2) is 6.10. The number of nitrogens with zero attached hydrogens (tertiary/aromatic N) is 3. The summed E-state index contributed by atoms with van der Waals surface area (Å²) in [5, 5.41) is 3.45. The van der Waals surface area contributed by atoms with Gasteiger partial charge in [-0.05, 0) is 31.7 Å². The first-order chi connectivity index (χ1) is 11.7. The Bertz CT molecular complexity index is 945. The predicted octanol–water partition coefficient (Wildman–Crippen LogP) is 3.12. The molecule has 1 N–H and O–H groups in total. The van der Waals surface area contributed by atoms with Gasteiger partial charge in [0.05, 0.1) is 22.6 Å². The van der Waals surface area contributed by atoms with Crippen molar-refractivity contribution in [2.75, 3.05) is 6.54 Å². The summed E-state index contributed by atoms with van der Waals surface area (Å²) in [4.78, 5) is 39.5. The average Bonchev–Trinajstić information content (AvgIpc) is 3.23. The molecule has 0 unspecified atom stereocenters. The van der Waals surface area contributed by atoms with Gasteiger partial charge >= 0.3 is 0 Å². The fraction of sp³-hybridized carbons (Fsp3) is 0.375. The summed E-state index contributed by atoms with van der Waals surface area (Å²) in [6.45, 7) is 2.55. The molecule has 4 heterocycles. The first kappa shape index (κ1) is 15.5. The molecular formula is C16H16N4O2S2. The fourth-order valence-corrected chi connectivity index (χ4v) is 5.13. The van der Waals surface area contributed by atoms with E-state index in [1.807, 2.05) is 17.2 Å². The Balaban J connectivity index is 1.76. The molecule has 0 saturated carbocycles. The minimum Gasteiger partial charge on any atom is -0.328 e. The number of nitrogens with one attached hydrogen (secondary N) is 1. The zero-order valence-electron chi connectivity index (χ0n) is 13.1. The van der Waals surface area contributed by atoms with Crippen molar-refractivity contribution in [2.24, 2.45) is 0 Å². The van der Waals surface area contributed by atoms with Crippen LogP contribution >= 0.6 is 22.7 Å². The summed E-state index contributed by atoms with van der Waals surface area (Å²) in [6.07, 6.45) is 6.19. The van der Waals surface area contributed by atoms with Gasteiger partial charge in [0.2, 0.25) is 0 Å². The van der Waals surface area contributed by atoms with Crippen molar-refractivity contribution >= 4 is 38.8 Å². The van der Waals surface area contributed by atoms with Crippen LogP contribution in [0.25, 0.3) is 10.2 Å². The first-order valence-corrected chi connectivity index (χ1v) is 9.53. The number of piperidine rings is 1. The van der Waals surface area contributed by atoms with E-state index in [1.165, 1.54) is 17.7 Å². The van der Waals surface area contributed by atoms with Crippen molar-refractivity contribution in [3.8, 4) is 0 Å². The molecule has 1 saturated heterocycles. The van der Waals surface area contributed by atoms with Crippen LogP contribution in [0.3, 0.4) is 0 Å². The normalized spacial score (nSPS) is 18.2. The third-order valence-electron chi connectivity index (χ3n) is 4.43. The van der Waals surface area contributed by atoms with Crippen LogP contribution in [0.2, 0.25) is 0 Å². The number of fused-ring (bicyclic) bond motifs is 1. The molecule has 4 rings (SSSR count). The van der Waals surface area contributed by atoms with Crippen LogP contribution in [0.15, 0.2) is 22.7 Å². The molecule has 6 nitrogen and oxygen atoms in total. The number of aromatic nitrogens is 3. The molecule has 124 valence electrons. The summed E-state index contributed by atoms with van der Waals surface area (Å²) >= 11 is 2.89. The van der Waals surface area contributed by atoms with Gasteiger partial charge in [0.25, 0.3) is 11.5 Å². The topological polar surface area (TPSA) is 79.0 Å². The van der Waals surface area contributed by atoms with Gasteiger partial charge in [0.15, 0.2) is 0 Å². The number of aryl methyl sites for hydroxylation is 1. The summed E-state index contributed by atoms with van der Waals surface area (Å²) in [5.41, 5.74) is 0.528. The molecular weight excluding hydrogens is 344 g/mol. The predicted molar refractivity (Wildman–Crippen MR) is 94.7 cm³/mol. The molecule has 1 fully saturated rings. The molecule has 3 aromatic heterocycles. The van der Waals surface area contributed by atoms with Crippen molar-refractivity contribution in [2.45, 2.75) is 32.2 Å². The Kier molecular flexibility index (Phi) is 3.93. The number of thiophene rings is 1. The Hall–Kier alpha value is -2.06. The maximum atomic E-state index is 13.2. The third kappa shape index (κ3) is 2.46. The number of hydrogen-bond donors (Lipinski definition) is 1. The third-order valence-corrected chi connectivity index (χ3v) is 6.49. The van der Waals surface area contributed by atoms with Crippen LogP contribution in [0, 0.1) is 6.92 Å². The number of amides is 1. The van der Waals surface area contributed by atoms with Crippen LogP contribution in [0.4, 0.5) is 0 Å². The highest BCUT2D eigenvalue weighted by molar-refractivity contribution is 7.20. The van der Waals surface area contributed by atoms with Crippen LogP contribution < -0.4 is 5.56 Å². The van der Waals surface area contributed by atoms with E-state index in [4.69, 9.17) is 0 Å². The second-order valence-corrected chi connectivity index (χ2v) is 7.77. The van der Waals surface area contributed by atoms with Gasteiger partial charge in [0.1, 0.15) is 9.84 Å². The number of carbonyl (C=O) groups is 1. The highest BCUT2D eigenvalue weighted by Crippen LogP contribution is 2.35. The largest absolute Gasteiger partial charge is 0.328 e. The maximum Gasteiger partial charge on any atom is 0.264 e. The highest BCUT2D eigenvalue weighted by Gasteiger charge is 2.32. The Morgan fingerprint density at radius 3 is 3.00 bits per heavy atom. The summed E-state index contributed by atoms with van der Waals surface area (Å²) < 4.78 is 0. The van der Waals surface area contributed by atoms with Gasteiger partial charge in [-0.1, -0.05) is 0 Å². The number of thiazole rings is 1. The van der Waals surface area contributed by atoms with E-state index in [-0.39, 0.29) is 17.5 Å². The van der Waals surface area contributed by atoms with Crippen LogP contribution in [0.1, 0.15) is 45.5 Å². The Morgan fingerprint density at radius 2 is 2.25 bits per heavy atom. The lowest BCUT2D eigenvalue weighted by Crippen LogP contribution is -2.38. The number of aromatic amines is 1. The van der Waals surface area contributed by atoms with E-state index in [9.17, 15) is 9.59 Å². The van der Waals surface area contributed by atoms with Gasteiger partial charge in [-0.25, -0.2) is 9.97 Å². The van der Waals surface area contributed by atoms with Gasteiger partial charge in [-0.3, -0.25) is 9.59 Å². The molecule has 1 amide bonds. The number of hydrogen-bond acceptors (Lipinski definition) is 6. The Morgan fingerprint density at radius 1 is 1.38 bits per heavy atom. The minimum absolute atomic E-state index is 0.0187. The van der Waals surface area contributed by atoms with Gasteiger partial charge < -0.3 is 9.88 Å². The van der Waals surface area contributed by atoms with Crippen molar-refractivity contribution in [1.82, 2.24) is 19.9 Å². The Labute approximate surface area is 146 Å². The van der Waals surface area contributed by atoms with Crippen molar-refractivity contribution in [3.05, 3.63) is 43.7 Å². The molecule has 8 heteroatoms. The van der Waals surface area contributed by atoms with E-state index < -0.39 is 0 Å². The zero-order valence-corrected chi connectivity index (χ0v) is 14.7. The number of likely N-dealkylation sites (tertiary alicyclic amines) is 1. The first-order valence-electron chi connectivity index (χ1n) is 7.84. The molecule has 1 aliphatic heterocycles. The van der Waals surface area contributed by atoms with Gasteiger partial charge in [-0.2, -0.15) is 0 Å². The molecule has 24 heavy (non-hydrogen) atoms. The number of H-pyrrole nitrogens is 1. The molecule has 0 aliphatic carbocycles. The van der Waals surface area contributed by atoms with Crippen LogP contribution in [0.5, 0.6) is 0 Å². The lowest BCUT2D eigenvalue weighted by Gasteiger charge is -2.34. The van der Waals surface area contributed by atoms with E-state index in [0.29, 0.717) is 15.1 Å². The lowest BCUT2D eigenvalue weighted by atomic mass is 10.0. The smallest absolute Gasteiger partial charge is 0.264 e. The second-order valence-electron chi connectivity index (χ2n) is 5.85. The molecule has 0 aromatic carbocycles. The zero-order chi connectivity index (χ0) is 16.7. The average molecular weight is 360 g/mol. The molecule has 1 atom stereocenters. The summed E-state index contributed by atoms with van der Waals surface area (Å²) in [6, 6.07) is 0.0297. The number of carbonyl (C=O) groups excluding carboxylic acids is 1. The van der Waals surface area contributed by atoms with Gasteiger partial charge in [0, 0.05) is 18.1 Å². The van der Waals surface area contributed by atoms with Crippen molar-refractivity contribution < 1.29 is 4.79 Å². The van der Waals surface area contributed by atoms with Crippen molar-refractivity contribution in [1.29, 1.82) is 0 Å². The van der Waals surface area contributed by atoms with Gasteiger partial charge in [-0.15, -0.1) is 22.7 Å². The quantitative estimate of drug-likeness (QED) is 0.761.